The zero-order chi connectivity index (χ0) is 15.4. The number of nitrogens with zero attached hydrogens (tertiary/aromatic N) is 1. The summed E-state index contributed by atoms with van der Waals surface area (Å²) in [6, 6.07) is 0. The average molecular weight is 283 g/mol. The molecule has 5 heteroatoms. The molecular formula is C15H29N3O2. The smallest absolute Gasteiger partial charge is 0.224 e. The molecule has 0 aromatic carbocycles. The number of carbonyl (C=O) groups is 1. The van der Waals surface area contributed by atoms with Gasteiger partial charge in [-0.3, -0.25) is 4.79 Å². The second-order valence-electron chi connectivity index (χ2n) is 6.55. The lowest BCUT2D eigenvalue weighted by atomic mass is 9.68. The molecular weight excluding hydrogens is 254 g/mol. The third-order valence-electron chi connectivity index (χ3n) is 4.99. The Morgan fingerprint density at radius 1 is 1.40 bits per heavy atom. The quantitative estimate of drug-likeness (QED) is 0.314. The second kappa shape index (κ2) is 6.46. The summed E-state index contributed by atoms with van der Waals surface area (Å²) < 4.78 is 0. The van der Waals surface area contributed by atoms with Crippen LogP contribution in [0.4, 0.5) is 0 Å². The van der Waals surface area contributed by atoms with Crippen LogP contribution in [0.3, 0.4) is 0 Å². The number of carbonyl (C=O) groups excluding carboxylic acids is 1. The van der Waals surface area contributed by atoms with E-state index >= 15 is 0 Å². The van der Waals surface area contributed by atoms with Crippen molar-refractivity contribution in [2.24, 2.45) is 22.2 Å². The third kappa shape index (κ3) is 3.25. The molecule has 1 rings (SSSR count). The van der Waals surface area contributed by atoms with E-state index in [0.717, 1.165) is 19.3 Å². The van der Waals surface area contributed by atoms with Gasteiger partial charge in [-0.25, -0.2) is 0 Å². The van der Waals surface area contributed by atoms with Crippen LogP contribution in [0.2, 0.25) is 0 Å². The van der Waals surface area contributed by atoms with Crippen LogP contribution < -0.4 is 11.1 Å². The summed E-state index contributed by atoms with van der Waals surface area (Å²) in [5, 5.41) is 15.1. The molecule has 1 aliphatic rings. The predicted molar refractivity (Wildman–Crippen MR) is 80.6 cm³/mol. The first-order chi connectivity index (χ1) is 9.33. The van der Waals surface area contributed by atoms with Crippen molar-refractivity contribution in [3.63, 3.8) is 0 Å². The maximum Gasteiger partial charge on any atom is 0.224 e. The molecule has 0 aromatic heterocycles. The largest absolute Gasteiger partial charge is 0.409 e. The van der Waals surface area contributed by atoms with Crippen molar-refractivity contribution in [1.29, 1.82) is 0 Å². The van der Waals surface area contributed by atoms with Gasteiger partial charge in [0.15, 0.2) is 5.84 Å². The number of oxime groups is 1. The molecule has 0 spiro atoms. The first-order valence-corrected chi connectivity index (χ1v) is 7.63. The Labute approximate surface area is 122 Å². The molecule has 0 radical (unpaired) electrons. The van der Waals surface area contributed by atoms with E-state index in [1.54, 1.807) is 0 Å². The van der Waals surface area contributed by atoms with E-state index in [9.17, 15) is 4.79 Å². The number of rotatable bonds is 5. The molecule has 4 N–H and O–H groups in total. The van der Waals surface area contributed by atoms with E-state index in [1.807, 2.05) is 13.8 Å². The zero-order valence-electron chi connectivity index (χ0n) is 13.2. The normalized spacial score (nSPS) is 23.4. The highest BCUT2D eigenvalue weighted by Crippen LogP contribution is 2.41. The van der Waals surface area contributed by atoms with Gasteiger partial charge >= 0.3 is 0 Å². The summed E-state index contributed by atoms with van der Waals surface area (Å²) in [5.74, 6) is 0.120. The van der Waals surface area contributed by atoms with Crippen molar-refractivity contribution in [1.82, 2.24) is 5.32 Å². The van der Waals surface area contributed by atoms with E-state index in [1.165, 1.54) is 6.42 Å². The van der Waals surface area contributed by atoms with Crippen molar-refractivity contribution in [2.75, 3.05) is 0 Å². The van der Waals surface area contributed by atoms with Crippen molar-refractivity contribution in [3.8, 4) is 0 Å². The van der Waals surface area contributed by atoms with E-state index in [4.69, 9.17) is 10.9 Å². The van der Waals surface area contributed by atoms with Crippen LogP contribution in [0.15, 0.2) is 5.16 Å². The molecule has 0 saturated heterocycles. The van der Waals surface area contributed by atoms with Gasteiger partial charge in [0.1, 0.15) is 5.54 Å². The summed E-state index contributed by atoms with van der Waals surface area (Å²) in [7, 11) is 0. The summed E-state index contributed by atoms with van der Waals surface area (Å²) in [6.45, 7) is 8.18. The van der Waals surface area contributed by atoms with Crippen molar-refractivity contribution < 1.29 is 10.0 Å². The van der Waals surface area contributed by atoms with Crippen LogP contribution in [-0.4, -0.2) is 22.5 Å². The lowest BCUT2D eigenvalue weighted by molar-refractivity contribution is -0.131. The first kappa shape index (κ1) is 16.8. The van der Waals surface area contributed by atoms with Gasteiger partial charge in [-0.15, -0.1) is 0 Å². The van der Waals surface area contributed by atoms with Crippen LogP contribution in [-0.2, 0) is 4.79 Å². The van der Waals surface area contributed by atoms with Crippen molar-refractivity contribution >= 4 is 11.7 Å². The highest BCUT2D eigenvalue weighted by atomic mass is 16.4. The van der Waals surface area contributed by atoms with Gasteiger partial charge in [-0.2, -0.15) is 0 Å². The Bertz CT molecular complexity index is 373. The number of amidine groups is 1. The topological polar surface area (TPSA) is 87.7 Å². The highest BCUT2D eigenvalue weighted by molar-refractivity contribution is 5.94. The van der Waals surface area contributed by atoms with E-state index in [0.29, 0.717) is 12.8 Å². The number of hydrogen-bond acceptors (Lipinski definition) is 3. The molecule has 116 valence electrons. The number of amides is 1. The molecule has 0 bridgehead atoms. The molecule has 5 nitrogen and oxygen atoms in total. The Morgan fingerprint density at radius 3 is 2.45 bits per heavy atom. The van der Waals surface area contributed by atoms with E-state index < -0.39 is 5.54 Å². The van der Waals surface area contributed by atoms with Crippen molar-refractivity contribution in [2.45, 2.75) is 71.8 Å². The Hall–Kier alpha value is -1.26. The molecule has 1 aliphatic carbocycles. The van der Waals surface area contributed by atoms with Gasteiger partial charge in [-0.05, 0) is 31.1 Å². The second-order valence-corrected chi connectivity index (χ2v) is 6.55. The predicted octanol–water partition coefficient (Wildman–Crippen LogP) is 2.62. The van der Waals surface area contributed by atoms with Crippen LogP contribution >= 0.6 is 0 Å². The maximum absolute atomic E-state index is 12.7. The molecule has 1 fully saturated rings. The Morgan fingerprint density at radius 2 is 2.00 bits per heavy atom. The monoisotopic (exact) mass is 283 g/mol. The average Bonchev–Trinajstić information content (AvgIpc) is 2.43. The van der Waals surface area contributed by atoms with Crippen LogP contribution in [0, 0.1) is 11.3 Å². The summed E-state index contributed by atoms with van der Waals surface area (Å²) >= 11 is 0. The van der Waals surface area contributed by atoms with Gasteiger partial charge < -0.3 is 16.3 Å². The van der Waals surface area contributed by atoms with Gasteiger partial charge in [0.05, 0.1) is 0 Å². The lowest BCUT2D eigenvalue weighted by Crippen LogP contribution is -2.59. The molecule has 1 unspecified atom stereocenters. The molecule has 0 aliphatic heterocycles. The molecule has 20 heavy (non-hydrogen) atoms. The standard InChI is InChI=1S/C15H29N3O2/c1-5-15(6-2,13(16)18-20)17-12(19)11-9-7-8-10-14(11,3)4/h11,20H,5-10H2,1-4H3,(H2,16,18)(H,17,19). The van der Waals surface area contributed by atoms with Crippen LogP contribution in [0.25, 0.3) is 0 Å². The lowest BCUT2D eigenvalue weighted by Gasteiger charge is -2.40. The SMILES string of the molecule is CCC(CC)(NC(=O)C1CCCCC1(C)C)C(N)=NO. The Balaban J connectivity index is 2.91. The zero-order valence-corrected chi connectivity index (χ0v) is 13.2. The molecule has 1 amide bonds. The summed E-state index contributed by atoms with van der Waals surface area (Å²) in [4.78, 5) is 12.7. The fourth-order valence-electron chi connectivity index (χ4n) is 3.25. The highest BCUT2D eigenvalue weighted by Gasteiger charge is 2.41. The van der Waals surface area contributed by atoms with Crippen LogP contribution in [0.5, 0.6) is 0 Å². The fraction of sp³-hybridized carbons (Fsp3) is 0.867. The van der Waals surface area contributed by atoms with Crippen LogP contribution in [0.1, 0.15) is 66.2 Å². The minimum absolute atomic E-state index is 0.000202. The summed E-state index contributed by atoms with van der Waals surface area (Å²) in [6.07, 6.45) is 5.48. The number of nitrogens with one attached hydrogen (secondary N) is 1. The summed E-state index contributed by atoms with van der Waals surface area (Å²) in [5.41, 5.74) is 5.08. The van der Waals surface area contributed by atoms with E-state index in [2.05, 4.69) is 24.3 Å². The molecule has 1 atom stereocenters. The number of nitrogens with two attached hydrogens (primary N) is 1. The minimum atomic E-state index is -0.737. The molecule has 0 heterocycles. The van der Waals surface area contributed by atoms with Gasteiger partial charge in [0, 0.05) is 5.92 Å². The van der Waals surface area contributed by atoms with Gasteiger partial charge in [0.2, 0.25) is 5.91 Å². The molecule has 0 aromatic rings. The van der Waals surface area contributed by atoms with Gasteiger partial charge in [-0.1, -0.05) is 45.7 Å². The third-order valence-corrected chi connectivity index (χ3v) is 4.99. The van der Waals surface area contributed by atoms with Crippen molar-refractivity contribution in [3.05, 3.63) is 0 Å². The van der Waals surface area contributed by atoms with Gasteiger partial charge in [0.25, 0.3) is 0 Å². The Kier molecular flexibility index (Phi) is 5.42. The first-order valence-electron chi connectivity index (χ1n) is 7.63. The number of hydrogen-bond donors (Lipinski definition) is 3. The fourth-order valence-corrected chi connectivity index (χ4v) is 3.25. The molecule has 1 saturated carbocycles. The van der Waals surface area contributed by atoms with E-state index in [-0.39, 0.29) is 23.1 Å². The minimum Gasteiger partial charge on any atom is -0.409 e. The maximum atomic E-state index is 12.7.